The zero-order chi connectivity index (χ0) is 14.4. The molecular formula is C13H16O5S. The fraction of sp³-hybridized carbons (Fsp3) is 0.462. The van der Waals surface area contributed by atoms with Crippen molar-refractivity contribution in [2.45, 2.75) is 30.4 Å². The SMILES string of the molecule is COC(=O)c1cc2c(cc1C)OCC(C)(C)S2(=O)=O. The maximum atomic E-state index is 12.5. The molecule has 1 heterocycles. The number of fused-ring (bicyclic) bond motifs is 1. The van der Waals surface area contributed by atoms with Crippen LogP contribution in [0.5, 0.6) is 5.75 Å². The van der Waals surface area contributed by atoms with Gasteiger partial charge < -0.3 is 9.47 Å². The fourth-order valence-corrected chi connectivity index (χ4v) is 3.41. The lowest BCUT2D eigenvalue weighted by molar-refractivity contribution is 0.0599. The predicted molar refractivity (Wildman–Crippen MR) is 69.3 cm³/mol. The highest BCUT2D eigenvalue weighted by Crippen LogP contribution is 2.39. The van der Waals surface area contributed by atoms with Crippen molar-refractivity contribution in [1.29, 1.82) is 0 Å². The number of rotatable bonds is 1. The Morgan fingerprint density at radius 1 is 1.37 bits per heavy atom. The van der Waals surface area contributed by atoms with Crippen molar-refractivity contribution in [3.8, 4) is 5.75 Å². The highest BCUT2D eigenvalue weighted by atomic mass is 32.2. The number of hydrogen-bond acceptors (Lipinski definition) is 5. The molecule has 0 unspecified atom stereocenters. The molecule has 2 rings (SSSR count). The molecule has 1 aromatic carbocycles. The van der Waals surface area contributed by atoms with Gasteiger partial charge in [0.15, 0.2) is 9.84 Å². The fourth-order valence-electron chi connectivity index (χ4n) is 1.94. The molecule has 0 bridgehead atoms. The average molecular weight is 284 g/mol. The monoisotopic (exact) mass is 284 g/mol. The van der Waals surface area contributed by atoms with Crippen molar-refractivity contribution < 1.29 is 22.7 Å². The van der Waals surface area contributed by atoms with Crippen LogP contribution in [0.1, 0.15) is 29.8 Å². The van der Waals surface area contributed by atoms with Crippen LogP contribution < -0.4 is 4.74 Å². The molecule has 19 heavy (non-hydrogen) atoms. The normalized spacial score (nSPS) is 19.2. The van der Waals surface area contributed by atoms with Crippen LogP contribution in [-0.2, 0) is 14.6 Å². The van der Waals surface area contributed by atoms with E-state index < -0.39 is 20.6 Å². The Bertz CT molecular complexity index is 643. The van der Waals surface area contributed by atoms with Gasteiger partial charge >= 0.3 is 5.97 Å². The average Bonchev–Trinajstić information content (AvgIpc) is 2.33. The first kappa shape index (κ1) is 13.9. The molecule has 0 N–H and O–H groups in total. The van der Waals surface area contributed by atoms with Gasteiger partial charge in [0.05, 0.1) is 12.7 Å². The Labute approximate surface area is 112 Å². The number of carbonyl (C=O) groups is 1. The lowest BCUT2D eigenvalue weighted by Crippen LogP contribution is -2.42. The van der Waals surface area contributed by atoms with E-state index in [1.807, 2.05) is 0 Å². The quantitative estimate of drug-likeness (QED) is 0.734. The summed E-state index contributed by atoms with van der Waals surface area (Å²) in [6.45, 7) is 5.01. The zero-order valence-corrected chi connectivity index (χ0v) is 12.1. The smallest absolute Gasteiger partial charge is 0.338 e. The second-order valence-electron chi connectivity index (χ2n) is 5.16. The first-order valence-corrected chi connectivity index (χ1v) is 7.29. The molecule has 0 aromatic heterocycles. The molecule has 104 valence electrons. The van der Waals surface area contributed by atoms with Gasteiger partial charge in [0, 0.05) is 0 Å². The summed E-state index contributed by atoms with van der Waals surface area (Å²) in [5, 5.41) is 0. The minimum atomic E-state index is -3.53. The molecule has 0 saturated heterocycles. The molecule has 5 nitrogen and oxygen atoms in total. The highest BCUT2D eigenvalue weighted by molar-refractivity contribution is 7.93. The summed E-state index contributed by atoms with van der Waals surface area (Å²) in [5.41, 5.74) is 0.867. The number of carbonyl (C=O) groups excluding carboxylic acids is 1. The number of benzene rings is 1. The maximum absolute atomic E-state index is 12.5. The second kappa shape index (κ2) is 4.23. The number of ether oxygens (including phenoxy) is 2. The Morgan fingerprint density at radius 3 is 2.58 bits per heavy atom. The van der Waals surface area contributed by atoms with Crippen LogP contribution in [0.15, 0.2) is 17.0 Å². The highest BCUT2D eigenvalue weighted by Gasteiger charge is 2.43. The minimum absolute atomic E-state index is 0.0507. The molecular weight excluding hydrogens is 268 g/mol. The molecule has 0 spiro atoms. The molecule has 0 aliphatic carbocycles. The van der Waals surface area contributed by atoms with Gasteiger partial charge in [-0.15, -0.1) is 0 Å². The molecule has 1 aliphatic rings. The van der Waals surface area contributed by atoms with Crippen LogP contribution in [-0.4, -0.2) is 32.9 Å². The molecule has 0 amide bonds. The van der Waals surface area contributed by atoms with E-state index in [9.17, 15) is 13.2 Å². The number of sulfone groups is 1. The van der Waals surface area contributed by atoms with Gasteiger partial charge in [-0.1, -0.05) is 0 Å². The van der Waals surface area contributed by atoms with Crippen molar-refractivity contribution in [3.63, 3.8) is 0 Å². The minimum Gasteiger partial charge on any atom is -0.491 e. The van der Waals surface area contributed by atoms with E-state index in [4.69, 9.17) is 4.74 Å². The van der Waals surface area contributed by atoms with Crippen molar-refractivity contribution >= 4 is 15.8 Å². The molecule has 1 aliphatic heterocycles. The first-order chi connectivity index (χ1) is 8.70. The second-order valence-corrected chi connectivity index (χ2v) is 7.71. The van der Waals surface area contributed by atoms with Gasteiger partial charge in [-0.05, 0) is 38.5 Å². The lowest BCUT2D eigenvalue weighted by atomic mass is 10.1. The van der Waals surface area contributed by atoms with Crippen molar-refractivity contribution in [3.05, 3.63) is 23.3 Å². The van der Waals surface area contributed by atoms with E-state index in [0.717, 1.165) is 0 Å². The summed E-state index contributed by atoms with van der Waals surface area (Å²) >= 11 is 0. The van der Waals surface area contributed by atoms with E-state index >= 15 is 0 Å². The molecule has 0 atom stereocenters. The Kier molecular flexibility index (Phi) is 3.09. The van der Waals surface area contributed by atoms with Crippen LogP contribution in [0, 0.1) is 6.92 Å². The van der Waals surface area contributed by atoms with Crippen LogP contribution in [0.25, 0.3) is 0 Å². The van der Waals surface area contributed by atoms with Crippen LogP contribution in [0.3, 0.4) is 0 Å². The molecule has 0 fully saturated rings. The number of methoxy groups -OCH3 is 1. The Morgan fingerprint density at radius 2 is 2.00 bits per heavy atom. The predicted octanol–water partition coefficient (Wildman–Crippen LogP) is 1.73. The van der Waals surface area contributed by atoms with Crippen molar-refractivity contribution in [2.75, 3.05) is 13.7 Å². The van der Waals surface area contributed by atoms with Crippen LogP contribution in [0.4, 0.5) is 0 Å². The summed E-state index contributed by atoms with van der Waals surface area (Å²) in [5.74, 6) is -0.261. The number of hydrogen-bond donors (Lipinski definition) is 0. The topological polar surface area (TPSA) is 69.7 Å². The summed E-state index contributed by atoms with van der Waals surface area (Å²) in [7, 11) is -2.27. The summed E-state index contributed by atoms with van der Waals surface area (Å²) in [6, 6.07) is 2.90. The van der Waals surface area contributed by atoms with Crippen LogP contribution in [0.2, 0.25) is 0 Å². The number of aryl methyl sites for hydroxylation is 1. The van der Waals surface area contributed by atoms with Gasteiger partial charge in [-0.3, -0.25) is 0 Å². The molecule has 6 heteroatoms. The first-order valence-electron chi connectivity index (χ1n) is 5.81. The van der Waals surface area contributed by atoms with Crippen LogP contribution >= 0.6 is 0 Å². The zero-order valence-electron chi connectivity index (χ0n) is 11.3. The molecule has 0 saturated carbocycles. The standard InChI is InChI=1S/C13H16O5S/c1-8-5-10-11(6-9(8)12(14)17-4)19(15,16)13(2,3)7-18-10/h5-6H,7H2,1-4H3. The maximum Gasteiger partial charge on any atom is 0.338 e. The van der Waals surface area contributed by atoms with E-state index in [1.54, 1.807) is 26.8 Å². The van der Waals surface area contributed by atoms with Gasteiger partial charge in [0.25, 0.3) is 0 Å². The molecule has 1 aromatic rings. The van der Waals surface area contributed by atoms with Gasteiger partial charge in [0.1, 0.15) is 22.0 Å². The Balaban J connectivity index is 2.70. The van der Waals surface area contributed by atoms with E-state index in [1.165, 1.54) is 13.2 Å². The summed E-state index contributed by atoms with van der Waals surface area (Å²) in [6.07, 6.45) is 0. The number of esters is 1. The summed E-state index contributed by atoms with van der Waals surface area (Å²) < 4.78 is 34.1. The third kappa shape index (κ3) is 2.00. The largest absolute Gasteiger partial charge is 0.491 e. The third-order valence-electron chi connectivity index (χ3n) is 3.29. The van der Waals surface area contributed by atoms with E-state index in [-0.39, 0.29) is 17.1 Å². The van der Waals surface area contributed by atoms with E-state index in [0.29, 0.717) is 11.3 Å². The van der Waals surface area contributed by atoms with Gasteiger partial charge in [-0.25, -0.2) is 13.2 Å². The van der Waals surface area contributed by atoms with Crippen molar-refractivity contribution in [2.24, 2.45) is 0 Å². The Hall–Kier alpha value is -1.56. The third-order valence-corrected chi connectivity index (χ3v) is 5.76. The summed E-state index contributed by atoms with van der Waals surface area (Å²) in [4.78, 5) is 11.7. The lowest BCUT2D eigenvalue weighted by Gasteiger charge is -2.31. The van der Waals surface area contributed by atoms with Crippen molar-refractivity contribution in [1.82, 2.24) is 0 Å². The molecule has 0 radical (unpaired) electrons. The van der Waals surface area contributed by atoms with E-state index in [2.05, 4.69) is 4.74 Å². The van der Waals surface area contributed by atoms with Gasteiger partial charge in [-0.2, -0.15) is 0 Å². The van der Waals surface area contributed by atoms with Gasteiger partial charge in [0.2, 0.25) is 0 Å².